The monoisotopic (exact) mass is 461 g/mol. The maximum atomic E-state index is 13.0. The molecule has 0 spiro atoms. The molecule has 162 valence electrons. The van der Waals surface area contributed by atoms with Crippen molar-refractivity contribution in [2.45, 2.75) is 25.8 Å². The molecule has 2 aliphatic heterocycles. The summed E-state index contributed by atoms with van der Waals surface area (Å²) < 4.78 is 0. The summed E-state index contributed by atoms with van der Waals surface area (Å²) in [5.74, 6) is -2.67. The van der Waals surface area contributed by atoms with E-state index in [2.05, 4.69) is 26.6 Å². The van der Waals surface area contributed by atoms with Gasteiger partial charge in [0.05, 0.1) is 18.0 Å². The molecular weight excluding hydrogens is 441 g/mol. The average Bonchev–Trinajstić information content (AvgIpc) is 2.70. The van der Waals surface area contributed by atoms with Gasteiger partial charge in [-0.15, -0.1) is 0 Å². The van der Waals surface area contributed by atoms with Crippen molar-refractivity contribution >= 4 is 52.3 Å². The maximum absolute atomic E-state index is 13.0. The molecule has 0 aromatic heterocycles. The summed E-state index contributed by atoms with van der Waals surface area (Å²) in [6, 6.07) is 12.2. The van der Waals surface area contributed by atoms with Crippen LogP contribution < -0.4 is 26.6 Å². The van der Waals surface area contributed by atoms with Crippen molar-refractivity contribution in [2.75, 3.05) is 10.6 Å². The van der Waals surface area contributed by atoms with Gasteiger partial charge in [-0.05, 0) is 42.8 Å². The first kappa shape index (κ1) is 21.4. The van der Waals surface area contributed by atoms with Gasteiger partial charge in [0.15, 0.2) is 6.29 Å². The lowest BCUT2D eigenvalue weighted by atomic mass is 9.81. The molecule has 2 saturated heterocycles. The normalized spacial score (nSPS) is 25.1. The number of carbonyl (C=O) groups excluding carboxylic acids is 3. The van der Waals surface area contributed by atoms with Crippen LogP contribution in [0.15, 0.2) is 42.5 Å². The van der Waals surface area contributed by atoms with Gasteiger partial charge < -0.3 is 21.3 Å². The number of halogens is 2. The molecule has 0 radical (unpaired) electrons. The van der Waals surface area contributed by atoms with Gasteiger partial charge in [-0.3, -0.25) is 19.7 Å². The summed E-state index contributed by atoms with van der Waals surface area (Å²) in [5, 5.41) is 15.7. The number of amides is 3. The fourth-order valence-corrected chi connectivity index (χ4v) is 4.23. The number of anilines is 2. The van der Waals surface area contributed by atoms with Gasteiger partial charge in [-0.1, -0.05) is 35.3 Å². The second-order valence-corrected chi connectivity index (χ2v) is 8.39. The van der Waals surface area contributed by atoms with Crippen LogP contribution in [-0.2, 0) is 14.4 Å². The Morgan fingerprint density at radius 2 is 1.87 bits per heavy atom. The minimum absolute atomic E-state index is 0.0892. The molecule has 10 heteroatoms. The van der Waals surface area contributed by atoms with E-state index >= 15 is 0 Å². The highest BCUT2D eigenvalue weighted by molar-refractivity contribution is 6.31. The lowest BCUT2D eigenvalue weighted by Crippen LogP contribution is -2.72. The van der Waals surface area contributed by atoms with Gasteiger partial charge in [-0.2, -0.15) is 0 Å². The van der Waals surface area contributed by atoms with Crippen LogP contribution in [-0.4, -0.2) is 30.2 Å². The molecule has 2 aromatic rings. The van der Waals surface area contributed by atoms with E-state index in [1.807, 2.05) is 0 Å². The molecule has 0 aliphatic carbocycles. The highest BCUT2D eigenvalue weighted by atomic mass is 35.5. The van der Waals surface area contributed by atoms with E-state index in [1.165, 1.54) is 0 Å². The number of hydrogen-bond donors (Lipinski definition) is 5. The van der Waals surface area contributed by atoms with Crippen LogP contribution in [0.2, 0.25) is 10.0 Å². The van der Waals surface area contributed by atoms with Crippen LogP contribution >= 0.6 is 23.2 Å². The summed E-state index contributed by atoms with van der Waals surface area (Å²) in [6.07, 6.45) is -1.44. The summed E-state index contributed by atoms with van der Waals surface area (Å²) >= 11 is 12.1. The van der Waals surface area contributed by atoms with E-state index in [9.17, 15) is 14.4 Å². The smallest absolute Gasteiger partial charge is 0.229 e. The van der Waals surface area contributed by atoms with Crippen molar-refractivity contribution in [3.63, 3.8) is 0 Å². The summed E-state index contributed by atoms with van der Waals surface area (Å²) in [6.45, 7) is 1.79. The Morgan fingerprint density at radius 1 is 1.10 bits per heavy atom. The molecule has 0 bridgehead atoms. The predicted molar refractivity (Wildman–Crippen MR) is 118 cm³/mol. The second-order valence-electron chi connectivity index (χ2n) is 7.55. The fraction of sp³-hybridized carbons (Fsp3) is 0.286. The number of fused-ring (bicyclic) bond motifs is 1. The molecule has 5 N–H and O–H groups in total. The zero-order valence-electron chi connectivity index (χ0n) is 16.5. The van der Waals surface area contributed by atoms with Gasteiger partial charge in [0.2, 0.25) is 17.7 Å². The quantitative estimate of drug-likeness (QED) is 0.480. The lowest BCUT2D eigenvalue weighted by Gasteiger charge is -2.43. The van der Waals surface area contributed by atoms with E-state index in [0.717, 1.165) is 0 Å². The Balaban J connectivity index is 1.50. The van der Waals surface area contributed by atoms with Crippen LogP contribution in [0.25, 0.3) is 0 Å². The predicted octanol–water partition coefficient (Wildman–Crippen LogP) is 2.43. The highest BCUT2D eigenvalue weighted by Crippen LogP contribution is 2.30. The van der Waals surface area contributed by atoms with Crippen molar-refractivity contribution in [2.24, 2.45) is 11.8 Å². The van der Waals surface area contributed by atoms with Gasteiger partial charge in [-0.25, -0.2) is 0 Å². The Morgan fingerprint density at radius 3 is 2.65 bits per heavy atom. The van der Waals surface area contributed by atoms with Crippen LogP contribution in [0.3, 0.4) is 0 Å². The third kappa shape index (κ3) is 4.61. The van der Waals surface area contributed by atoms with Crippen molar-refractivity contribution in [3.8, 4) is 0 Å². The third-order valence-electron chi connectivity index (χ3n) is 5.45. The number of piperidine rings is 1. The largest absolute Gasteiger partial charge is 0.353 e. The molecule has 2 fully saturated rings. The number of nitrogens with one attached hydrogen (secondary N) is 5. The molecule has 3 amide bonds. The van der Waals surface area contributed by atoms with E-state index < -0.39 is 30.2 Å². The van der Waals surface area contributed by atoms with Crippen molar-refractivity contribution < 1.29 is 14.4 Å². The van der Waals surface area contributed by atoms with Crippen molar-refractivity contribution in [1.82, 2.24) is 16.0 Å². The number of hydrogen-bond acceptors (Lipinski definition) is 5. The Hall–Kier alpha value is -2.81. The van der Waals surface area contributed by atoms with Gasteiger partial charge in [0, 0.05) is 27.8 Å². The topological polar surface area (TPSA) is 111 Å². The molecule has 8 nitrogen and oxygen atoms in total. The lowest BCUT2D eigenvalue weighted by molar-refractivity contribution is -0.144. The van der Waals surface area contributed by atoms with E-state index in [1.54, 1.807) is 49.4 Å². The SMILES string of the molecule is Cc1c(Cl)cccc1NC(=O)C1CC(=O)NC2NC(Nc3cccc(Cl)c3)NC(=O)C21. The highest BCUT2D eigenvalue weighted by Gasteiger charge is 2.48. The average molecular weight is 462 g/mol. The molecule has 2 heterocycles. The van der Waals surface area contributed by atoms with E-state index in [0.29, 0.717) is 27.0 Å². The molecule has 0 saturated carbocycles. The molecule has 4 rings (SSSR count). The van der Waals surface area contributed by atoms with Gasteiger partial charge >= 0.3 is 0 Å². The zero-order chi connectivity index (χ0) is 22.1. The number of benzene rings is 2. The molecule has 2 aliphatic rings. The molecule has 4 unspecified atom stereocenters. The van der Waals surface area contributed by atoms with Crippen LogP contribution in [0, 0.1) is 18.8 Å². The van der Waals surface area contributed by atoms with Crippen molar-refractivity contribution in [3.05, 3.63) is 58.1 Å². The van der Waals surface area contributed by atoms with Gasteiger partial charge in [0.1, 0.15) is 0 Å². The van der Waals surface area contributed by atoms with Crippen LogP contribution in [0.5, 0.6) is 0 Å². The Labute approximate surface area is 189 Å². The first-order valence-electron chi connectivity index (χ1n) is 9.75. The Kier molecular flexibility index (Phi) is 6.04. The molecule has 31 heavy (non-hydrogen) atoms. The molecular formula is C21H21Cl2N5O3. The minimum atomic E-state index is -0.836. The second kappa shape index (κ2) is 8.74. The maximum Gasteiger partial charge on any atom is 0.229 e. The first-order valence-corrected chi connectivity index (χ1v) is 10.5. The fourth-order valence-electron chi connectivity index (χ4n) is 3.87. The van der Waals surface area contributed by atoms with E-state index in [4.69, 9.17) is 23.2 Å². The Bertz CT molecular complexity index is 1050. The number of carbonyl (C=O) groups is 3. The number of rotatable bonds is 4. The van der Waals surface area contributed by atoms with Gasteiger partial charge in [0.25, 0.3) is 0 Å². The minimum Gasteiger partial charge on any atom is -0.353 e. The molecule has 2 aromatic carbocycles. The standard InChI is InChI=1S/C21H21Cl2N5O3/c1-10-14(23)6-3-7-15(10)25-19(30)13-9-16(29)26-18-17(13)20(31)28-21(27-18)24-12-5-2-4-11(22)8-12/h2-8,13,17-18,21,24,27H,9H2,1H3,(H,25,30)(H,26,29)(H,28,31). The van der Waals surface area contributed by atoms with E-state index in [-0.39, 0.29) is 18.2 Å². The third-order valence-corrected chi connectivity index (χ3v) is 6.09. The van der Waals surface area contributed by atoms with Crippen LogP contribution in [0.4, 0.5) is 11.4 Å². The van der Waals surface area contributed by atoms with Crippen LogP contribution in [0.1, 0.15) is 12.0 Å². The first-order chi connectivity index (χ1) is 14.8. The molecule has 4 atom stereocenters. The summed E-state index contributed by atoms with van der Waals surface area (Å²) in [5.41, 5.74) is 1.95. The summed E-state index contributed by atoms with van der Waals surface area (Å²) in [4.78, 5) is 38.2. The zero-order valence-corrected chi connectivity index (χ0v) is 18.1. The van der Waals surface area contributed by atoms with Crippen molar-refractivity contribution in [1.29, 1.82) is 0 Å². The summed E-state index contributed by atoms with van der Waals surface area (Å²) in [7, 11) is 0.